The summed E-state index contributed by atoms with van der Waals surface area (Å²) in [5, 5.41) is 14.1. The summed E-state index contributed by atoms with van der Waals surface area (Å²) in [7, 11) is 0. The predicted octanol–water partition coefficient (Wildman–Crippen LogP) is 4.07. The summed E-state index contributed by atoms with van der Waals surface area (Å²) in [4.78, 5) is 2.60. The lowest BCUT2D eigenvalue weighted by Crippen LogP contribution is -2.35. The Labute approximate surface area is 171 Å². The van der Waals surface area contributed by atoms with Crippen LogP contribution in [-0.2, 0) is 6.42 Å². The molecule has 0 bridgehead atoms. The van der Waals surface area contributed by atoms with Crippen LogP contribution in [-0.4, -0.2) is 45.2 Å². The molecule has 5 heteroatoms. The molecule has 1 fully saturated rings. The Hall–Kier alpha value is -2.79. The number of nitrogens with one attached hydrogen (secondary N) is 1. The monoisotopic (exact) mass is 385 g/mol. The standard InChI is InChI=1S/C24H27N5/c1-3-8-21-18(6-1)11-12-19-7-2-4-9-22(19)24(21)20-13-16-29(17-14-20)15-5-10-23-25-27-28-26-23/h1-4,6-9,11-12,18,20H,5,10,13-17H2,(H,25,26,27,28). The number of rotatable bonds is 5. The van der Waals surface area contributed by atoms with Crippen molar-refractivity contribution in [3.05, 3.63) is 77.2 Å². The molecule has 1 aromatic carbocycles. The van der Waals surface area contributed by atoms with Crippen molar-refractivity contribution in [2.75, 3.05) is 19.6 Å². The van der Waals surface area contributed by atoms with E-state index in [1.807, 2.05) is 0 Å². The number of aromatic nitrogens is 4. The molecular weight excluding hydrogens is 358 g/mol. The molecule has 2 aromatic rings. The number of aromatic amines is 1. The van der Waals surface area contributed by atoms with Crippen LogP contribution in [0.1, 0.15) is 36.2 Å². The van der Waals surface area contributed by atoms with Crippen molar-refractivity contribution >= 4 is 11.6 Å². The average Bonchev–Trinajstić information content (AvgIpc) is 3.22. The predicted molar refractivity (Wildman–Crippen MR) is 116 cm³/mol. The maximum Gasteiger partial charge on any atom is 0.148 e. The first-order chi connectivity index (χ1) is 14.4. The van der Waals surface area contributed by atoms with Crippen molar-refractivity contribution in [3.8, 4) is 0 Å². The highest BCUT2D eigenvalue weighted by atomic mass is 15.5. The fourth-order valence-electron chi connectivity index (χ4n) is 4.90. The van der Waals surface area contributed by atoms with Gasteiger partial charge in [0.1, 0.15) is 5.82 Å². The molecule has 5 nitrogen and oxygen atoms in total. The van der Waals surface area contributed by atoms with Crippen molar-refractivity contribution in [2.24, 2.45) is 11.8 Å². The maximum absolute atomic E-state index is 3.98. The summed E-state index contributed by atoms with van der Waals surface area (Å²) in [6.07, 6.45) is 18.2. The van der Waals surface area contributed by atoms with Gasteiger partial charge in [-0.25, -0.2) is 5.10 Å². The second-order valence-electron chi connectivity index (χ2n) is 8.15. The van der Waals surface area contributed by atoms with Gasteiger partial charge in [-0.05, 0) is 77.5 Å². The Kier molecular flexibility index (Phi) is 5.22. The summed E-state index contributed by atoms with van der Waals surface area (Å²) in [5.41, 5.74) is 5.85. The van der Waals surface area contributed by atoms with Crippen LogP contribution in [0.5, 0.6) is 0 Å². The molecule has 29 heavy (non-hydrogen) atoms. The Morgan fingerprint density at radius 2 is 1.93 bits per heavy atom. The minimum atomic E-state index is 0.399. The molecule has 3 aliphatic rings. The topological polar surface area (TPSA) is 57.7 Å². The van der Waals surface area contributed by atoms with Crippen molar-refractivity contribution in [2.45, 2.75) is 25.7 Å². The van der Waals surface area contributed by atoms with Gasteiger partial charge >= 0.3 is 0 Å². The summed E-state index contributed by atoms with van der Waals surface area (Å²) in [5.74, 6) is 1.91. The number of benzene rings is 1. The van der Waals surface area contributed by atoms with Crippen LogP contribution in [0.25, 0.3) is 11.6 Å². The zero-order valence-electron chi connectivity index (χ0n) is 16.7. The average molecular weight is 386 g/mol. The second kappa shape index (κ2) is 8.29. The lowest BCUT2D eigenvalue weighted by atomic mass is 9.78. The molecule has 1 aliphatic heterocycles. The molecular formula is C24H27N5. The molecule has 1 atom stereocenters. The molecule has 1 unspecified atom stereocenters. The fourth-order valence-corrected chi connectivity index (χ4v) is 4.90. The smallest absolute Gasteiger partial charge is 0.148 e. The molecule has 148 valence electrons. The van der Waals surface area contributed by atoms with Gasteiger partial charge in [-0.3, -0.25) is 0 Å². The Bertz CT molecular complexity index is 959. The third-order valence-corrected chi connectivity index (χ3v) is 6.38. The van der Waals surface area contributed by atoms with E-state index in [1.54, 1.807) is 5.57 Å². The summed E-state index contributed by atoms with van der Waals surface area (Å²) < 4.78 is 0. The lowest BCUT2D eigenvalue weighted by molar-refractivity contribution is 0.204. The Balaban J connectivity index is 1.31. The SMILES string of the molecule is C1=CC2=C(C3CCN(CCCc4nnn[nH]4)CC3)c3ccccc3C=CC2C=C1. The van der Waals surface area contributed by atoms with Gasteiger partial charge in [-0.15, -0.1) is 5.10 Å². The third kappa shape index (κ3) is 3.87. The van der Waals surface area contributed by atoms with Crippen molar-refractivity contribution in [3.63, 3.8) is 0 Å². The van der Waals surface area contributed by atoms with Crippen LogP contribution < -0.4 is 0 Å². The van der Waals surface area contributed by atoms with E-state index in [2.05, 4.69) is 86.2 Å². The molecule has 2 aliphatic carbocycles. The minimum absolute atomic E-state index is 0.399. The van der Waals surface area contributed by atoms with Crippen LogP contribution in [0, 0.1) is 11.8 Å². The third-order valence-electron chi connectivity index (χ3n) is 6.38. The number of likely N-dealkylation sites (tertiary alicyclic amines) is 1. The zero-order chi connectivity index (χ0) is 19.5. The maximum atomic E-state index is 3.98. The van der Waals surface area contributed by atoms with E-state index in [0.717, 1.165) is 38.3 Å². The fraction of sp³-hybridized carbons (Fsp3) is 0.375. The summed E-state index contributed by atoms with van der Waals surface area (Å²) >= 11 is 0. The van der Waals surface area contributed by atoms with E-state index in [-0.39, 0.29) is 0 Å². The highest BCUT2D eigenvalue weighted by Crippen LogP contribution is 2.42. The van der Waals surface area contributed by atoms with Crippen LogP contribution in [0.15, 0.2) is 60.2 Å². The molecule has 0 saturated carbocycles. The number of allylic oxidation sites excluding steroid dienone is 7. The zero-order valence-corrected chi connectivity index (χ0v) is 16.7. The van der Waals surface area contributed by atoms with Crippen LogP contribution in [0.3, 0.4) is 0 Å². The quantitative estimate of drug-likeness (QED) is 0.843. The van der Waals surface area contributed by atoms with Gasteiger partial charge < -0.3 is 4.90 Å². The Morgan fingerprint density at radius 3 is 2.79 bits per heavy atom. The van der Waals surface area contributed by atoms with E-state index in [4.69, 9.17) is 0 Å². The normalized spacial score (nSPS) is 21.9. The van der Waals surface area contributed by atoms with E-state index in [0.29, 0.717) is 11.8 Å². The van der Waals surface area contributed by atoms with E-state index < -0.39 is 0 Å². The van der Waals surface area contributed by atoms with Crippen molar-refractivity contribution in [1.82, 2.24) is 25.5 Å². The van der Waals surface area contributed by atoms with Crippen LogP contribution in [0.4, 0.5) is 0 Å². The number of fused-ring (bicyclic) bond motifs is 2. The largest absolute Gasteiger partial charge is 0.303 e. The first kappa shape index (κ1) is 18.3. The highest BCUT2D eigenvalue weighted by Gasteiger charge is 2.28. The molecule has 1 aromatic heterocycles. The Morgan fingerprint density at radius 1 is 1.03 bits per heavy atom. The number of H-pyrrole nitrogens is 1. The first-order valence-corrected chi connectivity index (χ1v) is 10.7. The number of hydrogen-bond donors (Lipinski definition) is 1. The van der Waals surface area contributed by atoms with E-state index in [1.165, 1.54) is 29.5 Å². The van der Waals surface area contributed by atoms with Gasteiger partial charge in [0.05, 0.1) is 0 Å². The van der Waals surface area contributed by atoms with Crippen molar-refractivity contribution < 1.29 is 0 Å². The van der Waals surface area contributed by atoms with Gasteiger partial charge in [0.2, 0.25) is 0 Å². The van der Waals surface area contributed by atoms with Crippen LogP contribution >= 0.6 is 0 Å². The molecule has 0 spiro atoms. The van der Waals surface area contributed by atoms with E-state index in [9.17, 15) is 0 Å². The van der Waals surface area contributed by atoms with Gasteiger partial charge in [0, 0.05) is 12.3 Å². The van der Waals surface area contributed by atoms with E-state index >= 15 is 0 Å². The summed E-state index contributed by atoms with van der Waals surface area (Å²) in [6.45, 7) is 3.44. The number of hydrogen-bond acceptors (Lipinski definition) is 4. The summed E-state index contributed by atoms with van der Waals surface area (Å²) in [6, 6.07) is 8.90. The second-order valence-corrected chi connectivity index (χ2v) is 8.15. The van der Waals surface area contributed by atoms with Crippen molar-refractivity contribution in [1.29, 1.82) is 0 Å². The number of piperidine rings is 1. The van der Waals surface area contributed by atoms with Crippen LogP contribution in [0.2, 0.25) is 0 Å². The molecule has 5 rings (SSSR count). The minimum Gasteiger partial charge on any atom is -0.303 e. The molecule has 1 saturated heterocycles. The van der Waals surface area contributed by atoms with Gasteiger partial charge in [-0.2, -0.15) is 0 Å². The number of tetrazole rings is 1. The van der Waals surface area contributed by atoms with Gasteiger partial charge in [-0.1, -0.05) is 60.7 Å². The molecule has 1 N–H and O–H groups in total. The molecule has 0 amide bonds. The molecule has 0 radical (unpaired) electrons. The van der Waals surface area contributed by atoms with Gasteiger partial charge in [0.15, 0.2) is 0 Å². The lowest BCUT2D eigenvalue weighted by Gasteiger charge is -2.35. The highest BCUT2D eigenvalue weighted by molar-refractivity contribution is 5.82. The number of nitrogens with zero attached hydrogens (tertiary/aromatic N) is 4. The number of aryl methyl sites for hydroxylation is 1. The van der Waals surface area contributed by atoms with Gasteiger partial charge in [0.25, 0.3) is 0 Å². The first-order valence-electron chi connectivity index (χ1n) is 10.7. The molecule has 2 heterocycles.